The third-order valence-corrected chi connectivity index (χ3v) is 2.43. The van der Waals surface area contributed by atoms with E-state index in [0.29, 0.717) is 0 Å². The summed E-state index contributed by atoms with van der Waals surface area (Å²) >= 11 is 0. The molecule has 0 saturated heterocycles. The smallest absolute Gasteiger partial charge is 0.0289 e. The first-order valence-corrected chi connectivity index (χ1v) is 6.82. The van der Waals surface area contributed by atoms with Crippen LogP contribution in [0.25, 0.3) is 0 Å². The van der Waals surface area contributed by atoms with Crippen LogP contribution >= 0.6 is 0 Å². The van der Waals surface area contributed by atoms with E-state index in [2.05, 4.69) is 37.5 Å². The largest absolute Gasteiger partial charge is 0.372 e. The molecule has 0 aromatic carbocycles. The Balaban J connectivity index is 0. The van der Waals surface area contributed by atoms with Crippen molar-refractivity contribution < 1.29 is 0 Å². The van der Waals surface area contributed by atoms with Crippen LogP contribution < -0.4 is 0 Å². The first kappa shape index (κ1) is 17.7. The molecular weight excluding hydrogens is 194 g/mol. The molecule has 96 valence electrons. The summed E-state index contributed by atoms with van der Waals surface area (Å²) in [6.07, 6.45) is 9.43. The summed E-state index contributed by atoms with van der Waals surface area (Å²) in [5, 5.41) is 0. The van der Waals surface area contributed by atoms with E-state index in [9.17, 15) is 0 Å². The third-order valence-electron chi connectivity index (χ3n) is 2.43. The number of likely N-dealkylation sites (N-methyl/N-ethyl adjacent to an activating group) is 1. The highest BCUT2D eigenvalue weighted by Crippen LogP contribution is 2.07. The molecule has 0 unspecified atom stereocenters. The van der Waals surface area contributed by atoms with Gasteiger partial charge in [0.05, 0.1) is 0 Å². The maximum Gasteiger partial charge on any atom is 0.0289 e. The highest BCUT2D eigenvalue weighted by Gasteiger charge is 2.01. The minimum atomic E-state index is 1.06. The monoisotopic (exact) mass is 225 g/mol. The molecular formula is C15H31N. The topological polar surface area (TPSA) is 3.24 Å². The zero-order valence-electron chi connectivity index (χ0n) is 12.1. The molecule has 0 aliphatic carbocycles. The fourth-order valence-electron chi connectivity index (χ4n) is 1.53. The van der Waals surface area contributed by atoms with Crippen LogP contribution in [0.3, 0.4) is 0 Å². The van der Waals surface area contributed by atoms with Gasteiger partial charge in [0.1, 0.15) is 0 Å². The second kappa shape index (κ2) is 14.3. The van der Waals surface area contributed by atoms with Crippen LogP contribution in [0.4, 0.5) is 0 Å². The van der Waals surface area contributed by atoms with Crippen molar-refractivity contribution in [3.8, 4) is 0 Å². The van der Waals surface area contributed by atoms with Crippen LogP contribution in [0, 0.1) is 0 Å². The van der Waals surface area contributed by atoms with E-state index in [4.69, 9.17) is 0 Å². The van der Waals surface area contributed by atoms with Crippen LogP contribution in [0.15, 0.2) is 24.4 Å². The van der Waals surface area contributed by atoms with Crippen molar-refractivity contribution in [1.29, 1.82) is 0 Å². The van der Waals surface area contributed by atoms with E-state index in [1.54, 1.807) is 0 Å². The van der Waals surface area contributed by atoms with E-state index >= 15 is 0 Å². The predicted octanol–water partition coefficient (Wildman–Crippen LogP) is 5.00. The Labute approximate surface area is 103 Å². The summed E-state index contributed by atoms with van der Waals surface area (Å²) < 4.78 is 0. The molecule has 0 saturated carbocycles. The van der Waals surface area contributed by atoms with Gasteiger partial charge in [-0.2, -0.15) is 0 Å². The number of rotatable bonds is 8. The zero-order chi connectivity index (χ0) is 12.8. The number of allylic oxidation sites excluding steroid dienone is 2. The summed E-state index contributed by atoms with van der Waals surface area (Å²) in [4.78, 5) is 2.34. The SMILES string of the molecule is C=C(/C=C\C)N(CC)CCCCCC.CC. The van der Waals surface area contributed by atoms with Gasteiger partial charge in [0.25, 0.3) is 0 Å². The molecule has 0 aliphatic heterocycles. The van der Waals surface area contributed by atoms with Gasteiger partial charge in [0, 0.05) is 18.8 Å². The Morgan fingerprint density at radius 2 is 1.75 bits per heavy atom. The van der Waals surface area contributed by atoms with Gasteiger partial charge >= 0.3 is 0 Å². The van der Waals surface area contributed by atoms with Gasteiger partial charge in [-0.3, -0.25) is 0 Å². The normalized spacial score (nSPS) is 9.81. The van der Waals surface area contributed by atoms with Gasteiger partial charge in [0.15, 0.2) is 0 Å². The Morgan fingerprint density at radius 1 is 1.12 bits per heavy atom. The minimum Gasteiger partial charge on any atom is -0.372 e. The molecule has 0 spiro atoms. The van der Waals surface area contributed by atoms with Crippen molar-refractivity contribution >= 4 is 0 Å². The number of unbranched alkanes of at least 4 members (excludes halogenated alkanes) is 3. The van der Waals surface area contributed by atoms with E-state index in [1.807, 2.05) is 20.8 Å². The Bertz CT molecular complexity index is 170. The fourth-order valence-corrected chi connectivity index (χ4v) is 1.53. The molecule has 0 amide bonds. The minimum absolute atomic E-state index is 1.06. The van der Waals surface area contributed by atoms with Gasteiger partial charge in [-0.25, -0.2) is 0 Å². The summed E-state index contributed by atoms with van der Waals surface area (Å²) in [6.45, 7) is 16.7. The molecule has 1 nitrogen and oxygen atoms in total. The molecule has 0 atom stereocenters. The molecule has 0 heterocycles. The number of hydrogen-bond acceptors (Lipinski definition) is 1. The zero-order valence-corrected chi connectivity index (χ0v) is 12.1. The maximum atomic E-state index is 4.05. The Kier molecular flexibility index (Phi) is 15.8. The third kappa shape index (κ3) is 9.82. The lowest BCUT2D eigenvalue weighted by Crippen LogP contribution is -2.22. The summed E-state index contributed by atoms with van der Waals surface area (Å²) in [6, 6.07) is 0. The molecule has 0 bridgehead atoms. The first-order chi connectivity index (χ1) is 7.76. The van der Waals surface area contributed by atoms with Crippen molar-refractivity contribution in [3.05, 3.63) is 24.4 Å². The summed E-state index contributed by atoms with van der Waals surface area (Å²) in [5.74, 6) is 0. The second-order valence-electron chi connectivity index (χ2n) is 3.63. The molecule has 0 radical (unpaired) electrons. The average molecular weight is 225 g/mol. The summed E-state index contributed by atoms with van der Waals surface area (Å²) in [7, 11) is 0. The molecule has 16 heavy (non-hydrogen) atoms. The number of nitrogens with zero attached hydrogens (tertiary/aromatic N) is 1. The van der Waals surface area contributed by atoms with Crippen LogP contribution in [-0.4, -0.2) is 18.0 Å². The van der Waals surface area contributed by atoms with E-state index in [0.717, 1.165) is 18.8 Å². The van der Waals surface area contributed by atoms with Crippen molar-refractivity contribution in [2.45, 2.75) is 60.3 Å². The van der Waals surface area contributed by atoms with E-state index in [-0.39, 0.29) is 0 Å². The van der Waals surface area contributed by atoms with Gasteiger partial charge in [0.2, 0.25) is 0 Å². The molecule has 0 fully saturated rings. The molecule has 0 aromatic rings. The van der Waals surface area contributed by atoms with Crippen LogP contribution in [0.5, 0.6) is 0 Å². The molecule has 0 rings (SSSR count). The second-order valence-corrected chi connectivity index (χ2v) is 3.63. The van der Waals surface area contributed by atoms with E-state index in [1.165, 1.54) is 25.7 Å². The molecule has 0 aromatic heterocycles. The molecule has 0 N–H and O–H groups in total. The molecule has 0 aliphatic rings. The lowest BCUT2D eigenvalue weighted by molar-refractivity contribution is 0.361. The lowest BCUT2D eigenvalue weighted by atomic mass is 10.2. The maximum absolute atomic E-state index is 4.05. The highest BCUT2D eigenvalue weighted by molar-refractivity contribution is 5.12. The van der Waals surface area contributed by atoms with Crippen molar-refractivity contribution in [3.63, 3.8) is 0 Å². The fraction of sp³-hybridized carbons (Fsp3) is 0.733. The Morgan fingerprint density at radius 3 is 2.19 bits per heavy atom. The average Bonchev–Trinajstić information content (AvgIpc) is 2.32. The van der Waals surface area contributed by atoms with Gasteiger partial charge in [-0.1, -0.05) is 52.7 Å². The first-order valence-electron chi connectivity index (χ1n) is 6.82. The van der Waals surface area contributed by atoms with Gasteiger partial charge < -0.3 is 4.90 Å². The van der Waals surface area contributed by atoms with Crippen LogP contribution in [0.2, 0.25) is 0 Å². The highest BCUT2D eigenvalue weighted by atomic mass is 15.1. The van der Waals surface area contributed by atoms with Crippen LogP contribution in [-0.2, 0) is 0 Å². The van der Waals surface area contributed by atoms with Crippen molar-refractivity contribution in [2.24, 2.45) is 0 Å². The van der Waals surface area contributed by atoms with Crippen molar-refractivity contribution in [2.75, 3.05) is 13.1 Å². The Hall–Kier alpha value is -0.720. The standard InChI is InChI=1S/C13H25N.C2H6/c1-5-8-9-10-12-14(7-3)13(4)11-6-2;1-2/h6,11H,4-5,7-10,12H2,1-3H3;1-2H3/b11-6-;. The van der Waals surface area contributed by atoms with Crippen molar-refractivity contribution in [1.82, 2.24) is 4.90 Å². The summed E-state index contributed by atoms with van der Waals surface area (Å²) in [5.41, 5.74) is 1.14. The molecule has 1 heteroatoms. The lowest BCUT2D eigenvalue weighted by Gasteiger charge is -2.23. The predicted molar refractivity (Wildman–Crippen MR) is 76.7 cm³/mol. The van der Waals surface area contributed by atoms with Gasteiger partial charge in [-0.15, -0.1) is 0 Å². The van der Waals surface area contributed by atoms with Crippen LogP contribution in [0.1, 0.15) is 60.3 Å². The quantitative estimate of drug-likeness (QED) is 0.415. The van der Waals surface area contributed by atoms with Gasteiger partial charge in [-0.05, 0) is 26.3 Å². The van der Waals surface area contributed by atoms with E-state index < -0.39 is 0 Å². The number of hydrogen-bond donors (Lipinski definition) is 0.